The van der Waals surface area contributed by atoms with E-state index in [9.17, 15) is 15.3 Å². The van der Waals surface area contributed by atoms with E-state index < -0.39 is 11.2 Å². The first-order chi connectivity index (χ1) is 37.5. The molecule has 2 saturated carbocycles. The van der Waals surface area contributed by atoms with E-state index in [-0.39, 0.29) is 24.9 Å². The first kappa shape index (κ1) is 52.8. The summed E-state index contributed by atoms with van der Waals surface area (Å²) in [4.78, 5) is 34.6. The van der Waals surface area contributed by atoms with Crippen LogP contribution >= 0.6 is 15.9 Å². The third-order valence-corrected chi connectivity index (χ3v) is 15.7. The topological polar surface area (TPSA) is 240 Å². The number of pyridine rings is 4. The lowest BCUT2D eigenvalue weighted by Gasteiger charge is -2.32. The van der Waals surface area contributed by atoms with Gasteiger partial charge in [0.25, 0.3) is 0 Å². The molecule has 1 aliphatic heterocycles. The average Bonchev–Trinajstić information content (AvgIpc) is 4.44. The molecule has 1 saturated heterocycles. The number of H-pyrrole nitrogens is 2. The normalized spacial score (nSPS) is 16.0. The molecule has 3 fully saturated rings. The third kappa shape index (κ3) is 9.77. The summed E-state index contributed by atoms with van der Waals surface area (Å²) in [6.45, 7) is 13.7. The number of aromatic nitrogens is 10. The van der Waals surface area contributed by atoms with E-state index >= 15 is 0 Å². The fourth-order valence-corrected chi connectivity index (χ4v) is 10.5. The van der Waals surface area contributed by atoms with Crippen LogP contribution in [0.15, 0.2) is 135 Å². The standard InChI is InChI=1S/C26H23N5O3.C21H17BrN4O.C12H20BNO3/c1-15-23(20(14-32)31-34-15)17-12-18(24-19(13-17)29-25(30-24)16-8-9-16)26(33,21-6-2-4-10-27-21)22-7-3-5-11-28-22;22-14-11-15(19-16(12-14)25-20(26-19)13-7-8-13)21(27,17-5-1-3-9-23-17)18-6-2-4-10-24-18;1-7-9-10(8(2)15-14-9)13-16-11(3,4)12(5,6)17-13/h2-7,10-13,16,32-33H,8-9,14H2,1H3,(H,29,30);1-6,9-13,27H,7-8H2,(H,25,26);7H2,1-6H3. The molecule has 0 amide bonds. The smallest absolute Gasteiger partial charge is 0.399 e. The molecule has 0 bridgehead atoms. The van der Waals surface area contributed by atoms with Gasteiger partial charge in [-0.05, 0) is 152 Å². The van der Waals surface area contributed by atoms with Crippen LogP contribution in [-0.4, -0.2) is 83.8 Å². The van der Waals surface area contributed by atoms with Crippen molar-refractivity contribution in [1.82, 2.24) is 50.2 Å². The Hall–Kier alpha value is -7.26. The van der Waals surface area contributed by atoms with E-state index in [4.69, 9.17) is 28.3 Å². The second-order valence-corrected chi connectivity index (χ2v) is 22.0. The minimum atomic E-state index is -1.67. The fourth-order valence-electron chi connectivity index (χ4n) is 9.99. The molecule has 0 unspecified atom stereocenters. The number of halogens is 1. The van der Waals surface area contributed by atoms with Gasteiger partial charge in [-0.15, -0.1) is 0 Å². The minimum absolute atomic E-state index is 0.263. The van der Waals surface area contributed by atoms with Gasteiger partial charge in [0.2, 0.25) is 0 Å². The number of nitrogens with zero attached hydrogens (tertiary/aromatic N) is 8. The number of aliphatic hydroxyl groups excluding tert-OH is 1. The number of aromatic amines is 2. The Labute approximate surface area is 459 Å². The number of aryl methyl sites for hydroxylation is 3. The highest BCUT2D eigenvalue weighted by Gasteiger charge is 2.53. The molecule has 0 atom stereocenters. The maximum absolute atomic E-state index is 12.4. The van der Waals surface area contributed by atoms with Crippen molar-refractivity contribution in [3.8, 4) is 11.1 Å². The zero-order valence-electron chi connectivity index (χ0n) is 44.5. The summed E-state index contributed by atoms with van der Waals surface area (Å²) in [6.07, 6.45) is 12.0. The van der Waals surface area contributed by atoms with Crippen LogP contribution in [0.3, 0.4) is 0 Å². The Morgan fingerprint density at radius 2 is 1.05 bits per heavy atom. The number of benzene rings is 2. The molecular weight excluding hydrogens is 1050 g/mol. The van der Waals surface area contributed by atoms with Crippen molar-refractivity contribution >= 4 is 50.6 Å². The molecule has 5 N–H and O–H groups in total. The molecule has 9 heterocycles. The number of hydrogen-bond acceptors (Lipinski definition) is 15. The second-order valence-electron chi connectivity index (χ2n) is 21.1. The molecule has 2 aromatic carbocycles. The van der Waals surface area contributed by atoms with Crippen LogP contribution in [0.2, 0.25) is 0 Å². The molecule has 398 valence electrons. The number of nitrogens with one attached hydrogen (secondary N) is 2. The molecule has 19 heteroatoms. The van der Waals surface area contributed by atoms with Gasteiger partial charge in [0.1, 0.15) is 28.9 Å². The van der Waals surface area contributed by atoms with Gasteiger partial charge in [-0.25, -0.2) is 9.97 Å². The lowest BCUT2D eigenvalue weighted by atomic mass is 9.77. The van der Waals surface area contributed by atoms with Gasteiger partial charge in [-0.1, -0.05) is 57.4 Å². The zero-order chi connectivity index (χ0) is 54.6. The van der Waals surface area contributed by atoms with Crippen molar-refractivity contribution in [3.05, 3.63) is 195 Å². The summed E-state index contributed by atoms with van der Waals surface area (Å²) >= 11 is 3.58. The Kier molecular flexibility index (Phi) is 14.1. The number of rotatable bonds is 12. The molecule has 10 aromatic rings. The van der Waals surface area contributed by atoms with Crippen molar-refractivity contribution in [2.75, 3.05) is 0 Å². The summed E-state index contributed by atoms with van der Waals surface area (Å²) in [5.74, 6) is 4.13. The van der Waals surface area contributed by atoms with Gasteiger partial charge in [-0.3, -0.25) is 19.9 Å². The number of imidazole rings is 2. The van der Waals surface area contributed by atoms with Gasteiger partial charge < -0.3 is 43.6 Å². The number of fused-ring (bicyclic) bond motifs is 2. The van der Waals surface area contributed by atoms with Crippen LogP contribution in [0.5, 0.6) is 0 Å². The first-order valence-corrected chi connectivity index (χ1v) is 27.0. The zero-order valence-corrected chi connectivity index (χ0v) is 46.0. The molecule has 2 aliphatic carbocycles. The van der Waals surface area contributed by atoms with Gasteiger partial charge in [0.05, 0.1) is 68.3 Å². The summed E-state index contributed by atoms with van der Waals surface area (Å²) in [5.41, 5.74) is 6.10. The van der Waals surface area contributed by atoms with Crippen molar-refractivity contribution < 1.29 is 33.7 Å². The highest BCUT2D eigenvalue weighted by atomic mass is 79.9. The van der Waals surface area contributed by atoms with Crippen LogP contribution < -0.4 is 5.46 Å². The molecule has 17 nitrogen and oxygen atoms in total. The maximum atomic E-state index is 12.4. The highest BCUT2D eigenvalue weighted by Crippen LogP contribution is 2.46. The van der Waals surface area contributed by atoms with Crippen LogP contribution in [0.4, 0.5) is 0 Å². The Morgan fingerprint density at radius 3 is 1.47 bits per heavy atom. The third-order valence-electron chi connectivity index (χ3n) is 15.2. The van der Waals surface area contributed by atoms with Crippen LogP contribution in [-0.2, 0) is 33.5 Å². The summed E-state index contributed by atoms with van der Waals surface area (Å²) in [5, 5.41) is 42.4. The molecule has 0 radical (unpaired) electrons. The van der Waals surface area contributed by atoms with Crippen molar-refractivity contribution in [1.29, 1.82) is 0 Å². The van der Waals surface area contributed by atoms with Crippen molar-refractivity contribution in [2.45, 2.75) is 121 Å². The highest BCUT2D eigenvalue weighted by molar-refractivity contribution is 9.10. The van der Waals surface area contributed by atoms with E-state index in [1.54, 1.807) is 43.8 Å². The van der Waals surface area contributed by atoms with Crippen LogP contribution in [0, 0.1) is 13.8 Å². The quantitative estimate of drug-likeness (QED) is 0.0715. The molecule has 3 aliphatic rings. The summed E-state index contributed by atoms with van der Waals surface area (Å²) in [6, 6.07) is 29.6. The predicted octanol–water partition coefficient (Wildman–Crippen LogP) is 10.1. The number of aliphatic hydroxyl groups is 3. The van der Waals surface area contributed by atoms with Crippen LogP contribution in [0.1, 0.15) is 141 Å². The van der Waals surface area contributed by atoms with E-state index in [1.807, 2.05) is 126 Å². The van der Waals surface area contributed by atoms with Gasteiger partial charge in [-0.2, -0.15) is 0 Å². The maximum Gasteiger partial charge on any atom is 0.500 e. The Bertz CT molecular complexity index is 3640. The van der Waals surface area contributed by atoms with Gasteiger partial charge in [0, 0.05) is 63.2 Å². The second kappa shape index (κ2) is 20.8. The molecular formula is C59H60BBrN10O7. The molecule has 78 heavy (non-hydrogen) atoms. The Balaban J connectivity index is 0.000000131. The van der Waals surface area contributed by atoms with E-state index in [1.165, 1.54) is 0 Å². The number of hydrogen-bond donors (Lipinski definition) is 5. The first-order valence-electron chi connectivity index (χ1n) is 26.3. The monoisotopic (exact) mass is 1110 g/mol. The molecule has 13 rings (SSSR count). The largest absolute Gasteiger partial charge is 0.500 e. The summed E-state index contributed by atoms with van der Waals surface area (Å²) in [7, 11) is -0.374. The SMILES string of the molecule is CCc1noc(C)c1B1OC(C)(C)C(C)(C)O1.Cc1onc(CO)c1-c1cc(C(O)(c2ccccn2)c2ccccn2)c2nc(C3CC3)[nH]c2c1.OC(c1ccccn1)(c1ccccn1)c1cc(Br)cc2[nH]c(C3CC3)nc12. The van der Waals surface area contributed by atoms with Crippen LogP contribution in [0.25, 0.3) is 33.2 Å². The molecule has 0 spiro atoms. The van der Waals surface area contributed by atoms with Gasteiger partial charge >= 0.3 is 7.12 Å². The minimum Gasteiger partial charge on any atom is -0.399 e. The summed E-state index contributed by atoms with van der Waals surface area (Å²) < 4.78 is 23.5. The predicted molar refractivity (Wildman–Crippen MR) is 297 cm³/mol. The van der Waals surface area contributed by atoms with Crippen molar-refractivity contribution in [3.63, 3.8) is 0 Å². The molecule has 8 aromatic heterocycles. The van der Waals surface area contributed by atoms with E-state index in [2.05, 4.69) is 56.1 Å². The Morgan fingerprint density at radius 1 is 0.615 bits per heavy atom. The lowest BCUT2D eigenvalue weighted by molar-refractivity contribution is 0.00578. The van der Waals surface area contributed by atoms with Gasteiger partial charge in [0.15, 0.2) is 11.2 Å². The fraction of sp³-hybridized carbons (Fsp3) is 0.322. The van der Waals surface area contributed by atoms with E-state index in [0.717, 1.165) is 87.3 Å². The average molecular weight is 1110 g/mol. The van der Waals surface area contributed by atoms with E-state index in [0.29, 0.717) is 68.3 Å². The lowest BCUT2D eigenvalue weighted by Crippen LogP contribution is -2.41. The van der Waals surface area contributed by atoms with Crippen molar-refractivity contribution in [2.24, 2.45) is 0 Å².